The van der Waals surface area contributed by atoms with Crippen molar-refractivity contribution in [3.8, 4) is 0 Å². The van der Waals surface area contributed by atoms with Crippen LogP contribution in [0.3, 0.4) is 0 Å². The topological polar surface area (TPSA) is 101 Å². The molecule has 0 saturated carbocycles. The molecule has 3 aromatic rings. The zero-order chi connectivity index (χ0) is 25.1. The summed E-state index contributed by atoms with van der Waals surface area (Å²) in [5.74, 6) is -4.51. The molecule has 9 heteroatoms. The second-order valence-electron chi connectivity index (χ2n) is 8.97. The molecule has 36 heavy (non-hydrogen) atoms. The summed E-state index contributed by atoms with van der Waals surface area (Å²) >= 11 is 0. The number of para-hydroxylation sites is 1. The Morgan fingerprint density at radius 2 is 1.64 bits per heavy atom. The summed E-state index contributed by atoms with van der Waals surface area (Å²) in [6.07, 6.45) is 3.50. The van der Waals surface area contributed by atoms with Crippen LogP contribution in [0.2, 0.25) is 0 Å². The van der Waals surface area contributed by atoms with Crippen molar-refractivity contribution < 1.29 is 23.7 Å². The minimum absolute atomic E-state index is 0.0606. The quantitative estimate of drug-likeness (QED) is 0.239. The minimum atomic E-state index is -1.10. The van der Waals surface area contributed by atoms with Crippen molar-refractivity contribution in [2.45, 2.75) is 12.1 Å². The number of carbonyl (C=O) groups is 3. The van der Waals surface area contributed by atoms with Crippen LogP contribution in [0.25, 0.3) is 6.08 Å². The minimum Gasteiger partial charge on any atom is -0.358 e. The van der Waals surface area contributed by atoms with Gasteiger partial charge in [-0.25, -0.2) is 9.29 Å². The molecule has 0 N–H and O–H groups in total. The third kappa shape index (κ3) is 3.02. The highest BCUT2D eigenvalue weighted by Gasteiger charge is 2.64. The van der Waals surface area contributed by atoms with Crippen molar-refractivity contribution in [3.05, 3.63) is 112 Å². The second-order valence-corrected chi connectivity index (χ2v) is 8.97. The predicted molar refractivity (Wildman–Crippen MR) is 127 cm³/mol. The van der Waals surface area contributed by atoms with Gasteiger partial charge in [0.15, 0.2) is 5.78 Å². The molecule has 3 aliphatic rings. The van der Waals surface area contributed by atoms with Gasteiger partial charge < -0.3 is 4.90 Å². The number of amides is 2. The first-order valence-corrected chi connectivity index (χ1v) is 11.3. The van der Waals surface area contributed by atoms with E-state index in [4.69, 9.17) is 0 Å². The van der Waals surface area contributed by atoms with E-state index in [9.17, 15) is 28.9 Å². The summed E-state index contributed by atoms with van der Waals surface area (Å²) in [5, 5.41) is 11.3. The third-order valence-electron chi connectivity index (χ3n) is 7.17. The second kappa shape index (κ2) is 7.94. The summed E-state index contributed by atoms with van der Waals surface area (Å²) < 4.78 is 14.7. The molecule has 0 unspecified atom stereocenters. The number of Topliss-reactive ketones (excluding diaryl/α,β-unsaturated/α-hetero) is 1. The van der Waals surface area contributed by atoms with Crippen molar-refractivity contribution in [3.63, 3.8) is 0 Å². The molecule has 0 aromatic heterocycles. The Bertz CT molecular complexity index is 1500. The Labute approximate surface area is 204 Å². The zero-order valence-electron chi connectivity index (χ0n) is 18.7. The van der Waals surface area contributed by atoms with Crippen LogP contribution in [0.5, 0.6) is 0 Å². The first kappa shape index (κ1) is 21.8. The van der Waals surface area contributed by atoms with E-state index in [-0.39, 0.29) is 16.9 Å². The molecule has 3 aliphatic heterocycles. The number of anilines is 1. The van der Waals surface area contributed by atoms with E-state index in [1.807, 2.05) is 30.3 Å². The van der Waals surface area contributed by atoms with Crippen LogP contribution in [0.15, 0.2) is 79.0 Å². The van der Waals surface area contributed by atoms with Gasteiger partial charge in [-0.3, -0.25) is 24.5 Å². The molecule has 4 atom stereocenters. The molecule has 8 nitrogen and oxygen atoms in total. The largest absolute Gasteiger partial charge is 0.358 e. The zero-order valence-corrected chi connectivity index (χ0v) is 18.7. The number of nitrogens with zero attached hydrogens (tertiary/aromatic N) is 3. The number of fused-ring (bicyclic) bond motifs is 5. The molecule has 2 fully saturated rings. The number of benzene rings is 3. The molecule has 6 rings (SSSR count). The highest BCUT2D eigenvalue weighted by molar-refractivity contribution is 6.24. The number of hydrogen-bond donors (Lipinski definition) is 0. The number of ketones is 1. The van der Waals surface area contributed by atoms with E-state index >= 15 is 0 Å². The molecule has 0 aliphatic carbocycles. The lowest BCUT2D eigenvalue weighted by molar-refractivity contribution is -0.384. The van der Waals surface area contributed by atoms with Crippen LogP contribution in [-0.2, 0) is 9.59 Å². The van der Waals surface area contributed by atoms with Gasteiger partial charge in [0.1, 0.15) is 11.9 Å². The van der Waals surface area contributed by atoms with Gasteiger partial charge in [-0.1, -0.05) is 48.5 Å². The van der Waals surface area contributed by atoms with Gasteiger partial charge in [0.2, 0.25) is 11.8 Å². The number of nitro groups is 1. The van der Waals surface area contributed by atoms with Gasteiger partial charge >= 0.3 is 0 Å². The Morgan fingerprint density at radius 1 is 0.917 bits per heavy atom. The number of imide groups is 1. The van der Waals surface area contributed by atoms with Crippen molar-refractivity contribution in [1.82, 2.24) is 4.90 Å². The maximum Gasteiger partial charge on any atom is 0.270 e. The van der Waals surface area contributed by atoms with E-state index in [0.29, 0.717) is 0 Å². The number of non-ortho nitro benzene ring substituents is 1. The summed E-state index contributed by atoms with van der Waals surface area (Å²) in [7, 11) is 0. The van der Waals surface area contributed by atoms with Crippen LogP contribution >= 0.6 is 0 Å². The van der Waals surface area contributed by atoms with Crippen LogP contribution < -0.4 is 4.90 Å². The number of rotatable bonds is 4. The molecular formula is C27H18FN3O5. The SMILES string of the molecule is O=C(c1cccc([N+](=O)[O-])c1)[C@@H]1[C@@H]2C(=O)N(c3ccccc3F)C(=O)[C@@H]2[C@H]2c3ccccc3C=CN12. The molecule has 3 aromatic carbocycles. The van der Waals surface area contributed by atoms with Crippen LogP contribution in [-0.4, -0.2) is 33.5 Å². The normalized spacial score (nSPS) is 23.9. The Morgan fingerprint density at radius 3 is 2.42 bits per heavy atom. The molecular weight excluding hydrogens is 465 g/mol. The summed E-state index contributed by atoms with van der Waals surface area (Å²) in [6.45, 7) is 0. The fraction of sp³-hybridized carbons (Fsp3) is 0.148. The van der Waals surface area contributed by atoms with E-state index in [2.05, 4.69) is 0 Å². The number of nitro benzene ring substituents is 1. The number of carbonyl (C=O) groups excluding carboxylic acids is 3. The Balaban J connectivity index is 1.51. The van der Waals surface area contributed by atoms with E-state index in [0.717, 1.165) is 16.0 Å². The monoisotopic (exact) mass is 483 g/mol. The van der Waals surface area contributed by atoms with Crippen molar-refractivity contribution in [1.29, 1.82) is 0 Å². The van der Waals surface area contributed by atoms with Crippen molar-refractivity contribution in [2.24, 2.45) is 11.8 Å². The van der Waals surface area contributed by atoms with Crippen molar-refractivity contribution in [2.75, 3.05) is 4.90 Å². The molecule has 178 valence electrons. The molecule has 0 bridgehead atoms. The summed E-state index contributed by atoms with van der Waals surface area (Å²) in [5.41, 5.74) is 1.28. The third-order valence-corrected chi connectivity index (χ3v) is 7.17. The number of halogens is 1. The Kier molecular flexibility index (Phi) is 4.82. The average Bonchev–Trinajstić information content (AvgIpc) is 3.36. The molecule has 2 saturated heterocycles. The lowest BCUT2D eigenvalue weighted by atomic mass is 9.83. The lowest BCUT2D eigenvalue weighted by Crippen LogP contribution is -2.44. The fourth-order valence-corrected chi connectivity index (χ4v) is 5.67. The maximum atomic E-state index is 14.7. The smallest absolute Gasteiger partial charge is 0.270 e. The van der Waals surface area contributed by atoms with Gasteiger partial charge in [-0.05, 0) is 29.3 Å². The summed E-state index contributed by atoms with van der Waals surface area (Å²) in [6, 6.07) is 16.5. The van der Waals surface area contributed by atoms with E-state index in [1.54, 1.807) is 11.1 Å². The van der Waals surface area contributed by atoms with Crippen LogP contribution in [0, 0.1) is 27.8 Å². The standard InChI is InChI=1S/C27H18FN3O5/c28-19-10-3-4-11-20(19)30-26(33)21-22(27(30)34)24(25(32)16-7-5-8-17(14-16)31(35)36)29-13-12-15-6-1-2-9-18(15)23(21)29/h1-14,21-24H/t21-,22+,23+,24-/m0/s1. The summed E-state index contributed by atoms with van der Waals surface area (Å²) in [4.78, 5) is 54.6. The molecule has 3 heterocycles. The first-order chi connectivity index (χ1) is 17.4. The molecule has 0 spiro atoms. The van der Waals surface area contributed by atoms with Gasteiger partial charge in [0, 0.05) is 23.9 Å². The fourth-order valence-electron chi connectivity index (χ4n) is 5.67. The highest BCUT2D eigenvalue weighted by atomic mass is 19.1. The first-order valence-electron chi connectivity index (χ1n) is 11.3. The number of hydrogen-bond acceptors (Lipinski definition) is 6. The Hall–Kier alpha value is -4.66. The molecule has 0 radical (unpaired) electrons. The van der Waals surface area contributed by atoms with Gasteiger partial charge in [-0.2, -0.15) is 0 Å². The van der Waals surface area contributed by atoms with Gasteiger partial charge in [0.25, 0.3) is 5.69 Å². The highest BCUT2D eigenvalue weighted by Crippen LogP contribution is 2.53. The van der Waals surface area contributed by atoms with Crippen LogP contribution in [0.1, 0.15) is 27.5 Å². The maximum absolute atomic E-state index is 14.7. The lowest BCUT2D eigenvalue weighted by Gasteiger charge is -2.35. The van der Waals surface area contributed by atoms with Crippen LogP contribution in [0.4, 0.5) is 15.8 Å². The average molecular weight is 483 g/mol. The molecule has 2 amide bonds. The predicted octanol–water partition coefficient (Wildman–Crippen LogP) is 4.13. The van der Waals surface area contributed by atoms with E-state index in [1.165, 1.54) is 48.5 Å². The van der Waals surface area contributed by atoms with Gasteiger partial charge in [0.05, 0.1) is 28.5 Å². The van der Waals surface area contributed by atoms with Gasteiger partial charge in [-0.15, -0.1) is 0 Å². The van der Waals surface area contributed by atoms with Crippen molar-refractivity contribution >= 4 is 35.0 Å². The van der Waals surface area contributed by atoms with E-state index < -0.39 is 52.3 Å².